The number of carbonyl (C=O) groups is 1. The molecule has 0 atom stereocenters. The molecule has 0 unspecified atom stereocenters. The van der Waals surface area contributed by atoms with E-state index in [4.69, 9.17) is 20.9 Å². The van der Waals surface area contributed by atoms with Crippen LogP contribution in [0.25, 0.3) is 11.3 Å². The fraction of sp³-hybridized carbons (Fsp3) is 0.250. The Morgan fingerprint density at radius 3 is 2.74 bits per heavy atom. The number of anilines is 1. The Labute approximate surface area is 161 Å². The molecule has 0 radical (unpaired) electrons. The number of nitrogens with one attached hydrogen (secondary N) is 1. The first-order valence-electron chi connectivity index (χ1n) is 8.75. The number of halogens is 1. The van der Waals surface area contributed by atoms with Gasteiger partial charge in [0.25, 0.3) is 5.91 Å². The van der Waals surface area contributed by atoms with Crippen molar-refractivity contribution in [1.29, 1.82) is 0 Å². The first-order chi connectivity index (χ1) is 13.1. The highest BCUT2D eigenvalue weighted by molar-refractivity contribution is 6.30. The lowest BCUT2D eigenvalue weighted by Gasteiger charge is -2.10. The molecule has 1 aliphatic carbocycles. The Kier molecular flexibility index (Phi) is 4.81. The van der Waals surface area contributed by atoms with Gasteiger partial charge in [0, 0.05) is 28.4 Å². The Hall–Kier alpha value is -2.86. The number of aromatic nitrogens is 2. The van der Waals surface area contributed by atoms with Gasteiger partial charge in [-0.3, -0.25) is 4.79 Å². The zero-order chi connectivity index (χ0) is 18.8. The van der Waals surface area contributed by atoms with Gasteiger partial charge >= 0.3 is 0 Å². The molecule has 0 saturated heterocycles. The number of amides is 1. The molecule has 1 N–H and O–H groups in total. The van der Waals surface area contributed by atoms with Crippen LogP contribution in [0.3, 0.4) is 0 Å². The van der Waals surface area contributed by atoms with Gasteiger partial charge in [0.1, 0.15) is 5.15 Å². The van der Waals surface area contributed by atoms with E-state index in [0.29, 0.717) is 11.3 Å². The molecule has 1 aromatic carbocycles. The van der Waals surface area contributed by atoms with Crippen LogP contribution >= 0.6 is 11.6 Å². The minimum atomic E-state index is -0.289. The van der Waals surface area contributed by atoms with Crippen LogP contribution < -0.4 is 10.1 Å². The van der Waals surface area contributed by atoms with Crippen molar-refractivity contribution in [3.8, 4) is 17.2 Å². The summed E-state index contributed by atoms with van der Waals surface area (Å²) in [5, 5.41) is 7.24. The fourth-order valence-electron chi connectivity index (χ4n) is 3.23. The number of ether oxygens (including phenoxy) is 1. The summed E-state index contributed by atoms with van der Waals surface area (Å²) in [6.07, 6.45) is 4.29. The van der Waals surface area contributed by atoms with Crippen LogP contribution in [-0.4, -0.2) is 23.2 Å². The molecule has 27 heavy (non-hydrogen) atoms. The quantitative estimate of drug-likeness (QED) is 0.670. The molecule has 0 saturated carbocycles. The van der Waals surface area contributed by atoms with Crippen molar-refractivity contribution < 1.29 is 14.1 Å². The molecule has 0 aliphatic heterocycles. The zero-order valence-corrected chi connectivity index (χ0v) is 15.5. The lowest BCUT2D eigenvalue weighted by atomic mass is 9.94. The van der Waals surface area contributed by atoms with Crippen LogP contribution in [0.2, 0.25) is 5.15 Å². The number of benzene rings is 1. The number of nitrogens with zero attached hydrogens (tertiary/aromatic N) is 2. The summed E-state index contributed by atoms with van der Waals surface area (Å²) < 4.78 is 10.6. The Balaban J connectivity index is 1.52. The van der Waals surface area contributed by atoms with Crippen LogP contribution in [-0.2, 0) is 12.8 Å². The van der Waals surface area contributed by atoms with Crippen LogP contribution in [0.15, 0.2) is 40.9 Å². The molecule has 4 rings (SSSR count). The molecule has 0 bridgehead atoms. The van der Waals surface area contributed by atoms with Gasteiger partial charge in [-0.2, -0.15) is 0 Å². The van der Waals surface area contributed by atoms with E-state index in [2.05, 4.69) is 15.5 Å². The molecule has 7 heteroatoms. The van der Waals surface area contributed by atoms with E-state index in [-0.39, 0.29) is 16.9 Å². The number of fused-ring (bicyclic) bond motifs is 1. The fourth-order valence-corrected chi connectivity index (χ4v) is 3.44. The Morgan fingerprint density at radius 2 is 1.96 bits per heavy atom. The number of rotatable bonds is 4. The normalized spacial score (nSPS) is 13.1. The maximum atomic E-state index is 12.5. The highest BCUT2D eigenvalue weighted by Crippen LogP contribution is 2.32. The summed E-state index contributed by atoms with van der Waals surface area (Å²) in [7, 11) is 1.47. The minimum absolute atomic E-state index is 0.199. The van der Waals surface area contributed by atoms with Crippen LogP contribution in [0, 0.1) is 0 Å². The highest BCUT2D eigenvalue weighted by Gasteiger charge is 2.20. The third-order valence-electron chi connectivity index (χ3n) is 4.61. The van der Waals surface area contributed by atoms with Crippen molar-refractivity contribution in [1.82, 2.24) is 10.1 Å². The summed E-state index contributed by atoms with van der Waals surface area (Å²) in [5.74, 6) is 0.828. The maximum Gasteiger partial charge on any atom is 0.255 e. The summed E-state index contributed by atoms with van der Waals surface area (Å²) in [6.45, 7) is 0. The van der Waals surface area contributed by atoms with Gasteiger partial charge in [-0.1, -0.05) is 16.8 Å². The molecular weight excluding hydrogens is 366 g/mol. The van der Waals surface area contributed by atoms with Crippen molar-refractivity contribution in [3.63, 3.8) is 0 Å². The molecular formula is C20H18ClN3O3. The van der Waals surface area contributed by atoms with Crippen molar-refractivity contribution in [3.05, 3.63) is 58.4 Å². The monoisotopic (exact) mass is 383 g/mol. The van der Waals surface area contributed by atoms with Gasteiger partial charge in [0.05, 0.1) is 12.8 Å². The highest BCUT2D eigenvalue weighted by atomic mass is 35.5. The molecule has 138 valence electrons. The van der Waals surface area contributed by atoms with Crippen molar-refractivity contribution >= 4 is 23.2 Å². The number of pyridine rings is 1. The van der Waals surface area contributed by atoms with Gasteiger partial charge in [0.2, 0.25) is 5.88 Å². The summed E-state index contributed by atoms with van der Waals surface area (Å²) in [4.78, 5) is 16.4. The van der Waals surface area contributed by atoms with Gasteiger partial charge < -0.3 is 14.6 Å². The van der Waals surface area contributed by atoms with Crippen LogP contribution in [0.4, 0.5) is 5.69 Å². The topological polar surface area (TPSA) is 77.2 Å². The molecule has 2 heterocycles. The van der Waals surface area contributed by atoms with E-state index in [1.165, 1.54) is 24.8 Å². The zero-order valence-electron chi connectivity index (χ0n) is 14.8. The van der Waals surface area contributed by atoms with Crippen LogP contribution in [0.1, 0.15) is 34.5 Å². The second-order valence-corrected chi connectivity index (χ2v) is 6.78. The van der Waals surface area contributed by atoms with Crippen molar-refractivity contribution in [2.45, 2.75) is 25.7 Å². The largest absolute Gasteiger partial charge is 0.481 e. The molecule has 1 amide bonds. The molecule has 6 nitrogen and oxygen atoms in total. The molecule has 0 spiro atoms. The standard InChI is InChI=1S/C20H18ClN3O3/c1-26-18-11-13(10-17(21)23-18)20(25)22-14-8-6-12(7-9-14)19-15-4-2-3-5-16(15)24-27-19/h6-11H,2-5H2,1H3,(H,22,25). The number of hydrogen-bond donors (Lipinski definition) is 1. The van der Waals surface area contributed by atoms with Crippen molar-refractivity contribution in [2.75, 3.05) is 12.4 Å². The van der Waals surface area contributed by atoms with Gasteiger partial charge in [0.15, 0.2) is 5.76 Å². The second kappa shape index (κ2) is 7.40. The van der Waals surface area contributed by atoms with E-state index in [1.807, 2.05) is 24.3 Å². The van der Waals surface area contributed by atoms with Gasteiger partial charge in [-0.25, -0.2) is 4.98 Å². The average Bonchev–Trinajstić information content (AvgIpc) is 3.12. The summed E-state index contributed by atoms with van der Waals surface area (Å²) in [5.41, 5.74) is 4.27. The Morgan fingerprint density at radius 1 is 1.19 bits per heavy atom. The van der Waals surface area contributed by atoms with Gasteiger partial charge in [-0.05, 0) is 56.0 Å². The number of carbonyl (C=O) groups excluding carboxylic acids is 1. The summed E-state index contributed by atoms with van der Waals surface area (Å²) in [6, 6.07) is 10.6. The first kappa shape index (κ1) is 17.5. The average molecular weight is 384 g/mol. The van der Waals surface area contributed by atoms with E-state index in [1.54, 1.807) is 0 Å². The minimum Gasteiger partial charge on any atom is -0.481 e. The van der Waals surface area contributed by atoms with E-state index in [0.717, 1.165) is 42.7 Å². The lowest BCUT2D eigenvalue weighted by Crippen LogP contribution is -2.12. The third-order valence-corrected chi connectivity index (χ3v) is 4.80. The smallest absolute Gasteiger partial charge is 0.255 e. The summed E-state index contributed by atoms with van der Waals surface area (Å²) >= 11 is 5.92. The molecule has 2 aromatic heterocycles. The predicted molar refractivity (Wildman–Crippen MR) is 102 cm³/mol. The molecule has 0 fully saturated rings. The van der Waals surface area contributed by atoms with Crippen molar-refractivity contribution in [2.24, 2.45) is 0 Å². The second-order valence-electron chi connectivity index (χ2n) is 6.40. The third kappa shape index (κ3) is 3.66. The van der Waals surface area contributed by atoms with E-state index < -0.39 is 0 Å². The number of hydrogen-bond acceptors (Lipinski definition) is 5. The maximum absolute atomic E-state index is 12.5. The van der Waals surface area contributed by atoms with Gasteiger partial charge in [-0.15, -0.1) is 0 Å². The lowest BCUT2D eigenvalue weighted by molar-refractivity contribution is 0.102. The SMILES string of the molecule is COc1cc(C(=O)Nc2ccc(-c3onc4c3CCCC4)cc2)cc(Cl)n1. The number of methoxy groups -OCH3 is 1. The molecule has 3 aromatic rings. The molecule has 1 aliphatic rings. The number of aryl methyl sites for hydroxylation is 1. The Bertz CT molecular complexity index is 983. The van der Waals surface area contributed by atoms with E-state index in [9.17, 15) is 4.79 Å². The first-order valence-corrected chi connectivity index (χ1v) is 9.12. The van der Waals surface area contributed by atoms with Crippen LogP contribution in [0.5, 0.6) is 5.88 Å². The van der Waals surface area contributed by atoms with E-state index >= 15 is 0 Å². The predicted octanol–water partition coefficient (Wildman–Crippen LogP) is 4.53.